The molecule has 75 valence electrons. The van der Waals surface area contributed by atoms with Crippen LogP contribution in [0.3, 0.4) is 0 Å². The van der Waals surface area contributed by atoms with E-state index in [4.69, 9.17) is 0 Å². The maximum absolute atomic E-state index is 4.09. The van der Waals surface area contributed by atoms with E-state index in [9.17, 15) is 0 Å². The maximum Gasteiger partial charge on any atom is 0.0224 e. The number of rotatable bonds is 2. The molecular formula is C11H21N2. The van der Waals surface area contributed by atoms with Gasteiger partial charge in [-0.25, -0.2) is 0 Å². The van der Waals surface area contributed by atoms with Crippen molar-refractivity contribution in [3.05, 3.63) is 7.05 Å². The molecule has 0 aromatic carbocycles. The van der Waals surface area contributed by atoms with Gasteiger partial charge < -0.3 is 4.90 Å². The summed E-state index contributed by atoms with van der Waals surface area (Å²) in [5, 5.41) is 0. The first-order valence-corrected chi connectivity index (χ1v) is 5.66. The minimum absolute atomic E-state index is 0.748. The zero-order chi connectivity index (χ0) is 9.10. The molecule has 2 rings (SSSR count). The molecule has 0 amide bonds. The second-order valence-electron chi connectivity index (χ2n) is 4.47. The normalized spacial score (nSPS) is 32.5. The van der Waals surface area contributed by atoms with Gasteiger partial charge in [0.2, 0.25) is 0 Å². The fourth-order valence-corrected chi connectivity index (χ4v) is 2.54. The predicted octanol–water partition coefficient (Wildman–Crippen LogP) is 1.73. The molecular weight excluding hydrogens is 160 g/mol. The number of likely N-dealkylation sites (tertiary alicyclic amines) is 2. The van der Waals surface area contributed by atoms with Crippen molar-refractivity contribution in [1.29, 1.82) is 0 Å². The largest absolute Gasteiger partial charge is 0.302 e. The third kappa shape index (κ3) is 2.44. The molecule has 2 aliphatic rings. The van der Waals surface area contributed by atoms with Crippen molar-refractivity contribution in [3.8, 4) is 0 Å². The Kier molecular flexibility index (Phi) is 3.23. The number of hydrogen-bond acceptors (Lipinski definition) is 2. The van der Waals surface area contributed by atoms with Crippen molar-refractivity contribution in [2.75, 3.05) is 26.2 Å². The summed E-state index contributed by atoms with van der Waals surface area (Å²) in [6.07, 6.45) is 6.96. The molecule has 0 aromatic heterocycles. The van der Waals surface area contributed by atoms with Crippen LogP contribution in [0.5, 0.6) is 0 Å². The highest BCUT2D eigenvalue weighted by Crippen LogP contribution is 2.18. The van der Waals surface area contributed by atoms with Crippen LogP contribution >= 0.6 is 0 Å². The van der Waals surface area contributed by atoms with Crippen LogP contribution in [-0.2, 0) is 0 Å². The maximum atomic E-state index is 4.09. The van der Waals surface area contributed by atoms with Crippen LogP contribution in [0.15, 0.2) is 0 Å². The Morgan fingerprint density at radius 2 is 1.77 bits per heavy atom. The fourth-order valence-electron chi connectivity index (χ4n) is 2.54. The van der Waals surface area contributed by atoms with Gasteiger partial charge in [-0.15, -0.1) is 0 Å². The molecule has 13 heavy (non-hydrogen) atoms. The highest BCUT2D eigenvalue weighted by Gasteiger charge is 2.23. The lowest BCUT2D eigenvalue weighted by atomic mass is 10.1. The van der Waals surface area contributed by atoms with Crippen LogP contribution in [0.4, 0.5) is 0 Å². The van der Waals surface area contributed by atoms with Gasteiger partial charge in [0.05, 0.1) is 0 Å². The SMILES string of the molecule is [CH2]N1CCCC1CN1CCCCC1. The summed E-state index contributed by atoms with van der Waals surface area (Å²) in [6, 6.07) is 0.748. The molecule has 1 radical (unpaired) electrons. The van der Waals surface area contributed by atoms with Crippen LogP contribution in [0.1, 0.15) is 32.1 Å². The number of piperidine rings is 1. The first kappa shape index (κ1) is 9.47. The van der Waals surface area contributed by atoms with Crippen molar-refractivity contribution >= 4 is 0 Å². The van der Waals surface area contributed by atoms with Gasteiger partial charge >= 0.3 is 0 Å². The highest BCUT2D eigenvalue weighted by molar-refractivity contribution is 4.82. The molecule has 2 aliphatic heterocycles. The number of nitrogens with zero attached hydrogens (tertiary/aromatic N) is 2. The molecule has 2 nitrogen and oxygen atoms in total. The van der Waals surface area contributed by atoms with Gasteiger partial charge in [-0.2, -0.15) is 0 Å². The van der Waals surface area contributed by atoms with Crippen molar-refractivity contribution in [1.82, 2.24) is 9.80 Å². The fraction of sp³-hybridized carbons (Fsp3) is 0.909. The molecule has 2 heteroatoms. The Morgan fingerprint density at radius 3 is 2.38 bits per heavy atom. The molecule has 1 atom stereocenters. The summed E-state index contributed by atoms with van der Waals surface area (Å²) in [6.45, 7) is 5.12. The third-order valence-electron chi connectivity index (χ3n) is 3.42. The average Bonchev–Trinajstić information content (AvgIpc) is 2.54. The lowest BCUT2D eigenvalue weighted by Crippen LogP contribution is -2.40. The Labute approximate surface area is 81.9 Å². The summed E-state index contributed by atoms with van der Waals surface area (Å²) in [5.41, 5.74) is 0. The summed E-state index contributed by atoms with van der Waals surface area (Å²) in [7, 11) is 4.09. The van der Waals surface area contributed by atoms with E-state index in [1.54, 1.807) is 0 Å². The van der Waals surface area contributed by atoms with E-state index in [0.29, 0.717) is 0 Å². The number of hydrogen-bond donors (Lipinski definition) is 0. The van der Waals surface area contributed by atoms with Crippen LogP contribution in [0.25, 0.3) is 0 Å². The topological polar surface area (TPSA) is 6.48 Å². The average molecular weight is 181 g/mol. The molecule has 0 spiro atoms. The van der Waals surface area contributed by atoms with E-state index < -0.39 is 0 Å². The van der Waals surface area contributed by atoms with Crippen LogP contribution in [0.2, 0.25) is 0 Å². The van der Waals surface area contributed by atoms with E-state index >= 15 is 0 Å². The molecule has 2 fully saturated rings. The Bertz CT molecular complexity index is 152. The van der Waals surface area contributed by atoms with Gasteiger partial charge in [0, 0.05) is 19.6 Å². The van der Waals surface area contributed by atoms with Gasteiger partial charge in [-0.05, 0) is 45.3 Å². The first-order valence-electron chi connectivity index (χ1n) is 5.66. The highest BCUT2D eigenvalue weighted by atomic mass is 15.2. The second-order valence-corrected chi connectivity index (χ2v) is 4.47. The molecule has 0 bridgehead atoms. The molecule has 0 N–H and O–H groups in total. The summed E-state index contributed by atoms with van der Waals surface area (Å²) in [5.74, 6) is 0. The molecule has 0 aliphatic carbocycles. The van der Waals surface area contributed by atoms with Gasteiger partial charge in [-0.1, -0.05) is 6.42 Å². The van der Waals surface area contributed by atoms with Gasteiger partial charge in [-0.3, -0.25) is 4.90 Å². The summed E-state index contributed by atoms with van der Waals surface area (Å²) >= 11 is 0. The molecule has 0 aromatic rings. The van der Waals surface area contributed by atoms with Crippen molar-refractivity contribution in [2.24, 2.45) is 0 Å². The smallest absolute Gasteiger partial charge is 0.0224 e. The standard InChI is InChI=1S/C11H21N2/c1-12-7-5-6-11(12)10-13-8-3-2-4-9-13/h11H,1-10H2. The van der Waals surface area contributed by atoms with Crippen molar-refractivity contribution in [3.63, 3.8) is 0 Å². The monoisotopic (exact) mass is 181 g/mol. The molecule has 1 unspecified atom stereocenters. The van der Waals surface area contributed by atoms with Crippen LogP contribution in [-0.4, -0.2) is 42.0 Å². The lowest BCUT2D eigenvalue weighted by Gasteiger charge is -2.31. The van der Waals surface area contributed by atoms with Gasteiger partial charge in [0.25, 0.3) is 0 Å². The predicted molar refractivity (Wildman–Crippen MR) is 55.4 cm³/mol. The minimum atomic E-state index is 0.748. The van der Waals surface area contributed by atoms with Crippen molar-refractivity contribution in [2.45, 2.75) is 38.1 Å². The summed E-state index contributed by atoms with van der Waals surface area (Å²) < 4.78 is 0. The van der Waals surface area contributed by atoms with E-state index in [0.717, 1.165) is 6.04 Å². The summed E-state index contributed by atoms with van der Waals surface area (Å²) in [4.78, 5) is 4.91. The molecule has 2 heterocycles. The Hall–Kier alpha value is -0.0800. The van der Waals surface area contributed by atoms with Gasteiger partial charge in [0.15, 0.2) is 0 Å². The third-order valence-corrected chi connectivity index (χ3v) is 3.42. The van der Waals surface area contributed by atoms with E-state index in [-0.39, 0.29) is 0 Å². The van der Waals surface area contributed by atoms with E-state index in [1.165, 1.54) is 58.3 Å². The van der Waals surface area contributed by atoms with Crippen molar-refractivity contribution < 1.29 is 0 Å². The second kappa shape index (κ2) is 4.43. The van der Waals surface area contributed by atoms with Crippen LogP contribution in [0, 0.1) is 7.05 Å². The van der Waals surface area contributed by atoms with E-state index in [1.807, 2.05) is 0 Å². The molecule has 2 saturated heterocycles. The Balaban J connectivity index is 1.75. The van der Waals surface area contributed by atoms with E-state index in [2.05, 4.69) is 16.8 Å². The zero-order valence-corrected chi connectivity index (χ0v) is 8.54. The minimum Gasteiger partial charge on any atom is -0.302 e. The van der Waals surface area contributed by atoms with Crippen LogP contribution < -0.4 is 0 Å². The lowest BCUT2D eigenvalue weighted by molar-refractivity contribution is 0.177. The molecule has 0 saturated carbocycles. The Morgan fingerprint density at radius 1 is 1.00 bits per heavy atom. The quantitative estimate of drug-likeness (QED) is 0.640. The van der Waals surface area contributed by atoms with Gasteiger partial charge in [0.1, 0.15) is 0 Å². The first-order chi connectivity index (χ1) is 6.36. The zero-order valence-electron chi connectivity index (χ0n) is 8.54.